The first kappa shape index (κ1) is 16.9. The summed E-state index contributed by atoms with van der Waals surface area (Å²) in [6, 6.07) is 7.19. The fourth-order valence-corrected chi connectivity index (χ4v) is 3.71. The van der Waals surface area contributed by atoms with Gasteiger partial charge in [0.2, 0.25) is 0 Å². The van der Waals surface area contributed by atoms with E-state index in [1.54, 1.807) is 25.1 Å². The monoisotopic (exact) mass is 296 g/mol. The Balaban J connectivity index is 2.99. The molecule has 0 bridgehead atoms. The molecule has 1 rings (SSSR count). The van der Waals surface area contributed by atoms with Gasteiger partial charge >= 0.3 is 0 Å². The lowest BCUT2D eigenvalue weighted by Gasteiger charge is -2.15. The van der Waals surface area contributed by atoms with Crippen molar-refractivity contribution in [2.75, 3.05) is 5.75 Å². The van der Waals surface area contributed by atoms with E-state index in [4.69, 9.17) is 0 Å². The molecule has 0 heterocycles. The van der Waals surface area contributed by atoms with Gasteiger partial charge in [-0.1, -0.05) is 26.0 Å². The van der Waals surface area contributed by atoms with E-state index in [0.717, 1.165) is 18.4 Å². The van der Waals surface area contributed by atoms with Gasteiger partial charge in [-0.2, -0.15) is 0 Å². The van der Waals surface area contributed by atoms with Crippen LogP contribution in [-0.4, -0.2) is 20.0 Å². The third-order valence-electron chi connectivity index (χ3n) is 3.50. The van der Waals surface area contributed by atoms with Crippen LogP contribution in [-0.2, 0) is 14.6 Å². The lowest BCUT2D eigenvalue weighted by Crippen LogP contribution is -2.07. The van der Waals surface area contributed by atoms with Crippen LogP contribution in [0.25, 0.3) is 0 Å². The second-order valence-corrected chi connectivity index (χ2v) is 7.35. The predicted octanol–water partition coefficient (Wildman–Crippen LogP) is 3.73. The fourth-order valence-electron chi connectivity index (χ4n) is 2.33. The van der Waals surface area contributed by atoms with Crippen LogP contribution >= 0.6 is 0 Å². The molecular weight excluding hydrogens is 272 g/mol. The van der Waals surface area contributed by atoms with Crippen molar-refractivity contribution in [3.8, 4) is 0 Å². The molecule has 0 saturated heterocycles. The smallest absolute Gasteiger partial charge is 0.178 e. The molecule has 0 spiro atoms. The molecule has 0 aliphatic rings. The molecule has 0 fully saturated rings. The van der Waals surface area contributed by atoms with E-state index >= 15 is 0 Å². The van der Waals surface area contributed by atoms with Crippen molar-refractivity contribution in [3.05, 3.63) is 29.8 Å². The predicted molar refractivity (Wildman–Crippen MR) is 81.7 cm³/mol. The molecule has 0 amide bonds. The largest absolute Gasteiger partial charge is 0.300 e. The standard InChI is InChI=1S/C16H24O3S/c1-4-11-20(18,19)16-8-6-7-15(12-16)14(5-2)10-9-13(3)17/h6-8,12,14H,4-5,9-11H2,1-3H3. The molecule has 0 N–H and O–H groups in total. The summed E-state index contributed by atoms with van der Waals surface area (Å²) >= 11 is 0. The molecule has 3 nitrogen and oxygen atoms in total. The van der Waals surface area contributed by atoms with E-state index in [1.807, 2.05) is 13.0 Å². The summed E-state index contributed by atoms with van der Waals surface area (Å²) in [5.74, 6) is 0.606. The first-order valence-electron chi connectivity index (χ1n) is 7.22. The van der Waals surface area contributed by atoms with Crippen LogP contribution in [0.1, 0.15) is 57.9 Å². The van der Waals surface area contributed by atoms with E-state index in [0.29, 0.717) is 17.7 Å². The lowest BCUT2D eigenvalue weighted by atomic mass is 9.91. The maximum Gasteiger partial charge on any atom is 0.178 e. The van der Waals surface area contributed by atoms with Crippen LogP contribution in [0.4, 0.5) is 0 Å². The first-order valence-corrected chi connectivity index (χ1v) is 8.88. The summed E-state index contributed by atoms with van der Waals surface area (Å²) in [6.07, 6.45) is 2.85. The molecule has 1 aromatic rings. The van der Waals surface area contributed by atoms with Gasteiger partial charge in [0, 0.05) is 6.42 Å². The zero-order valence-corrected chi connectivity index (χ0v) is 13.4. The summed E-state index contributed by atoms with van der Waals surface area (Å²) < 4.78 is 24.2. The Hall–Kier alpha value is -1.16. The lowest BCUT2D eigenvalue weighted by molar-refractivity contribution is -0.117. The molecule has 0 saturated carbocycles. The molecule has 0 radical (unpaired) electrons. The molecular formula is C16H24O3S. The van der Waals surface area contributed by atoms with Gasteiger partial charge in [-0.15, -0.1) is 0 Å². The van der Waals surface area contributed by atoms with Gasteiger partial charge < -0.3 is 4.79 Å². The van der Waals surface area contributed by atoms with Crippen molar-refractivity contribution < 1.29 is 13.2 Å². The molecule has 4 heteroatoms. The number of carbonyl (C=O) groups excluding carboxylic acids is 1. The van der Waals surface area contributed by atoms with Crippen molar-refractivity contribution in [1.82, 2.24) is 0 Å². The molecule has 0 aliphatic heterocycles. The summed E-state index contributed by atoms with van der Waals surface area (Å²) in [5.41, 5.74) is 1.02. The Morgan fingerprint density at radius 3 is 2.50 bits per heavy atom. The molecule has 0 aromatic heterocycles. The van der Waals surface area contributed by atoms with Crippen LogP contribution in [0.2, 0.25) is 0 Å². The second kappa shape index (κ2) is 7.58. The Bertz CT molecular complexity index is 547. The maximum atomic E-state index is 12.1. The number of hydrogen-bond donors (Lipinski definition) is 0. The van der Waals surface area contributed by atoms with Crippen LogP contribution < -0.4 is 0 Å². The van der Waals surface area contributed by atoms with E-state index in [2.05, 4.69) is 6.92 Å². The Morgan fingerprint density at radius 1 is 1.25 bits per heavy atom. The first-order chi connectivity index (χ1) is 9.40. The average molecular weight is 296 g/mol. The number of rotatable bonds is 8. The van der Waals surface area contributed by atoms with Crippen molar-refractivity contribution in [2.45, 2.75) is 57.3 Å². The van der Waals surface area contributed by atoms with Gasteiger partial charge in [0.15, 0.2) is 9.84 Å². The van der Waals surface area contributed by atoms with Crippen molar-refractivity contribution in [2.24, 2.45) is 0 Å². The molecule has 112 valence electrons. The van der Waals surface area contributed by atoms with Crippen LogP contribution in [0, 0.1) is 0 Å². The van der Waals surface area contributed by atoms with Crippen molar-refractivity contribution in [3.63, 3.8) is 0 Å². The average Bonchev–Trinajstić information content (AvgIpc) is 2.39. The topological polar surface area (TPSA) is 51.2 Å². The minimum atomic E-state index is -3.17. The Labute approximate surface area is 122 Å². The normalized spacial score (nSPS) is 13.2. The molecule has 1 aromatic carbocycles. The van der Waals surface area contributed by atoms with Gasteiger partial charge in [-0.05, 0) is 49.8 Å². The highest BCUT2D eigenvalue weighted by molar-refractivity contribution is 7.91. The highest BCUT2D eigenvalue weighted by Crippen LogP contribution is 2.27. The quantitative estimate of drug-likeness (QED) is 0.734. The minimum Gasteiger partial charge on any atom is -0.300 e. The van der Waals surface area contributed by atoms with E-state index < -0.39 is 9.84 Å². The van der Waals surface area contributed by atoms with Crippen molar-refractivity contribution in [1.29, 1.82) is 0 Å². The summed E-state index contributed by atoms with van der Waals surface area (Å²) in [7, 11) is -3.17. The summed E-state index contributed by atoms with van der Waals surface area (Å²) in [5, 5.41) is 0. The molecule has 1 atom stereocenters. The van der Waals surface area contributed by atoms with Gasteiger partial charge in [0.25, 0.3) is 0 Å². The summed E-state index contributed by atoms with van der Waals surface area (Å²) in [4.78, 5) is 11.5. The third-order valence-corrected chi connectivity index (χ3v) is 5.42. The zero-order chi connectivity index (χ0) is 15.2. The van der Waals surface area contributed by atoms with E-state index in [-0.39, 0.29) is 17.5 Å². The molecule has 1 unspecified atom stereocenters. The highest BCUT2D eigenvalue weighted by atomic mass is 32.2. The maximum absolute atomic E-state index is 12.1. The third kappa shape index (κ3) is 4.75. The van der Waals surface area contributed by atoms with Crippen LogP contribution in [0.5, 0.6) is 0 Å². The van der Waals surface area contributed by atoms with Gasteiger partial charge in [0.1, 0.15) is 5.78 Å². The zero-order valence-electron chi connectivity index (χ0n) is 12.6. The van der Waals surface area contributed by atoms with Crippen LogP contribution in [0.15, 0.2) is 29.2 Å². The number of ketones is 1. The number of hydrogen-bond acceptors (Lipinski definition) is 3. The number of carbonyl (C=O) groups is 1. The number of benzene rings is 1. The molecule has 0 aliphatic carbocycles. The van der Waals surface area contributed by atoms with Gasteiger partial charge in [-0.25, -0.2) is 8.42 Å². The van der Waals surface area contributed by atoms with E-state index in [9.17, 15) is 13.2 Å². The van der Waals surface area contributed by atoms with E-state index in [1.165, 1.54) is 0 Å². The molecule has 20 heavy (non-hydrogen) atoms. The number of Topliss-reactive ketones (excluding diaryl/α,β-unsaturated/α-hetero) is 1. The SMILES string of the molecule is CCCS(=O)(=O)c1cccc(C(CC)CCC(C)=O)c1. The Kier molecular flexibility index (Phi) is 6.40. The van der Waals surface area contributed by atoms with Gasteiger partial charge in [0.05, 0.1) is 10.6 Å². The summed E-state index contributed by atoms with van der Waals surface area (Å²) in [6.45, 7) is 5.52. The Morgan fingerprint density at radius 2 is 1.95 bits per heavy atom. The number of sulfone groups is 1. The second-order valence-electron chi connectivity index (χ2n) is 5.24. The minimum absolute atomic E-state index is 0.179. The van der Waals surface area contributed by atoms with Gasteiger partial charge in [-0.3, -0.25) is 0 Å². The van der Waals surface area contributed by atoms with Crippen molar-refractivity contribution >= 4 is 15.6 Å². The highest BCUT2D eigenvalue weighted by Gasteiger charge is 2.16. The van der Waals surface area contributed by atoms with Crippen LogP contribution in [0.3, 0.4) is 0 Å². The fraction of sp³-hybridized carbons (Fsp3) is 0.562.